The number of benzene rings is 1. The minimum absolute atomic E-state index is 0.0250. The Morgan fingerprint density at radius 1 is 1.11 bits per heavy atom. The summed E-state index contributed by atoms with van der Waals surface area (Å²) in [5.74, 6) is 1.33. The fraction of sp³-hybridized carbons (Fsp3) is 0.429. The van der Waals surface area contributed by atoms with Gasteiger partial charge in [0.1, 0.15) is 0 Å². The summed E-state index contributed by atoms with van der Waals surface area (Å²) in [4.78, 5) is 17.4. The molecule has 1 unspecified atom stereocenters. The van der Waals surface area contributed by atoms with Gasteiger partial charge in [0.2, 0.25) is 5.91 Å². The number of nitrogens with one attached hydrogen (secondary N) is 3. The predicted molar refractivity (Wildman–Crippen MR) is 115 cm³/mol. The molecule has 0 radical (unpaired) electrons. The van der Waals surface area contributed by atoms with E-state index in [1.807, 2.05) is 38.1 Å². The third kappa shape index (κ3) is 7.43. The van der Waals surface area contributed by atoms with Gasteiger partial charge in [-0.2, -0.15) is 0 Å². The number of anilines is 1. The number of hydrogen-bond acceptors (Lipinski definition) is 3. The molecule has 0 spiro atoms. The molecule has 0 aliphatic rings. The van der Waals surface area contributed by atoms with Crippen LogP contribution in [0.15, 0.2) is 46.8 Å². The number of guanidine groups is 1. The van der Waals surface area contributed by atoms with Crippen molar-refractivity contribution in [3.63, 3.8) is 0 Å². The zero-order chi connectivity index (χ0) is 19.6. The number of amides is 1. The third-order valence-electron chi connectivity index (χ3n) is 4.18. The Morgan fingerprint density at radius 2 is 1.85 bits per heavy atom. The average Bonchev–Trinajstić information content (AvgIpc) is 3.16. The van der Waals surface area contributed by atoms with Gasteiger partial charge in [0.15, 0.2) is 5.96 Å². The van der Waals surface area contributed by atoms with Crippen LogP contribution in [0.4, 0.5) is 5.69 Å². The third-order valence-corrected chi connectivity index (χ3v) is 5.08. The molecule has 0 saturated heterocycles. The molecule has 0 fully saturated rings. The van der Waals surface area contributed by atoms with E-state index in [1.54, 1.807) is 18.4 Å². The zero-order valence-electron chi connectivity index (χ0n) is 16.6. The van der Waals surface area contributed by atoms with E-state index in [-0.39, 0.29) is 11.8 Å². The van der Waals surface area contributed by atoms with Crippen molar-refractivity contribution < 1.29 is 4.79 Å². The molecule has 2 aromatic rings. The first kappa shape index (κ1) is 21.0. The second-order valence-electron chi connectivity index (χ2n) is 7.04. The molecule has 5 nitrogen and oxygen atoms in total. The topological polar surface area (TPSA) is 65.5 Å². The Balaban J connectivity index is 1.75. The van der Waals surface area contributed by atoms with Gasteiger partial charge < -0.3 is 16.0 Å². The molecule has 1 atom stereocenters. The van der Waals surface area contributed by atoms with Crippen molar-refractivity contribution in [2.75, 3.05) is 18.9 Å². The molecule has 1 aromatic heterocycles. The predicted octanol–water partition coefficient (Wildman–Crippen LogP) is 3.89. The molecule has 27 heavy (non-hydrogen) atoms. The molecule has 6 heteroatoms. The van der Waals surface area contributed by atoms with Crippen molar-refractivity contribution in [3.8, 4) is 0 Å². The van der Waals surface area contributed by atoms with E-state index in [0.717, 1.165) is 30.2 Å². The fourth-order valence-electron chi connectivity index (χ4n) is 2.51. The molecule has 0 saturated carbocycles. The lowest BCUT2D eigenvalue weighted by Gasteiger charge is -2.16. The lowest BCUT2D eigenvalue weighted by molar-refractivity contribution is -0.118. The molecular weight excluding hydrogens is 356 g/mol. The first-order valence-corrected chi connectivity index (χ1v) is 10.2. The number of carbonyl (C=O) groups excluding carboxylic acids is 1. The maximum Gasteiger partial charge on any atom is 0.226 e. The highest BCUT2D eigenvalue weighted by atomic mass is 32.1. The molecule has 0 bridgehead atoms. The van der Waals surface area contributed by atoms with E-state index in [4.69, 9.17) is 0 Å². The molecular formula is C21H30N4OS. The second-order valence-corrected chi connectivity index (χ2v) is 8.07. The number of rotatable bonds is 8. The van der Waals surface area contributed by atoms with Crippen LogP contribution in [0.3, 0.4) is 0 Å². The van der Waals surface area contributed by atoms with Gasteiger partial charge >= 0.3 is 0 Å². The van der Waals surface area contributed by atoms with Gasteiger partial charge in [-0.1, -0.05) is 39.0 Å². The lowest BCUT2D eigenvalue weighted by atomic mass is 10.1. The fourth-order valence-corrected chi connectivity index (χ4v) is 3.38. The molecule has 1 aromatic carbocycles. The van der Waals surface area contributed by atoms with Gasteiger partial charge in [-0.25, -0.2) is 0 Å². The molecule has 3 N–H and O–H groups in total. The van der Waals surface area contributed by atoms with Crippen LogP contribution < -0.4 is 16.0 Å². The van der Waals surface area contributed by atoms with Gasteiger partial charge in [0, 0.05) is 36.6 Å². The Labute approximate surface area is 166 Å². The quantitative estimate of drug-likeness (QED) is 0.476. The van der Waals surface area contributed by atoms with Gasteiger partial charge in [-0.15, -0.1) is 11.3 Å². The average molecular weight is 387 g/mol. The van der Waals surface area contributed by atoms with E-state index >= 15 is 0 Å². The number of thiophene rings is 1. The van der Waals surface area contributed by atoms with Crippen molar-refractivity contribution in [3.05, 3.63) is 52.2 Å². The van der Waals surface area contributed by atoms with Crippen molar-refractivity contribution >= 4 is 28.9 Å². The van der Waals surface area contributed by atoms with Crippen molar-refractivity contribution in [2.45, 2.75) is 33.7 Å². The summed E-state index contributed by atoms with van der Waals surface area (Å²) >= 11 is 1.81. The van der Waals surface area contributed by atoms with Crippen molar-refractivity contribution in [1.82, 2.24) is 10.6 Å². The van der Waals surface area contributed by atoms with Gasteiger partial charge in [0.25, 0.3) is 0 Å². The SMILES string of the molecule is CN=C(NCc1ccc(NC(=O)C(C)C)cc1)NCC(C)Cc1cccs1. The summed E-state index contributed by atoms with van der Waals surface area (Å²) in [6.07, 6.45) is 1.07. The van der Waals surface area contributed by atoms with Crippen LogP contribution in [0.5, 0.6) is 0 Å². The van der Waals surface area contributed by atoms with Crippen LogP contribution in [-0.4, -0.2) is 25.5 Å². The van der Waals surface area contributed by atoms with Crippen LogP contribution >= 0.6 is 11.3 Å². The standard InChI is InChI=1S/C21H30N4OS/c1-15(2)20(26)25-18-9-7-17(8-10-18)14-24-21(22-4)23-13-16(3)12-19-6-5-11-27-19/h5-11,15-16H,12-14H2,1-4H3,(H,25,26)(H2,22,23,24). The smallest absolute Gasteiger partial charge is 0.226 e. The molecule has 1 amide bonds. The normalized spacial score (nSPS) is 12.7. The number of hydrogen-bond donors (Lipinski definition) is 3. The molecule has 0 aliphatic carbocycles. The minimum Gasteiger partial charge on any atom is -0.356 e. The van der Waals surface area contributed by atoms with Crippen LogP contribution in [-0.2, 0) is 17.8 Å². The highest BCUT2D eigenvalue weighted by Crippen LogP contribution is 2.14. The summed E-state index contributed by atoms with van der Waals surface area (Å²) in [5, 5.41) is 11.7. The first-order chi connectivity index (χ1) is 13.0. The summed E-state index contributed by atoms with van der Waals surface area (Å²) < 4.78 is 0. The van der Waals surface area contributed by atoms with Crippen molar-refractivity contribution in [2.24, 2.45) is 16.8 Å². The van der Waals surface area contributed by atoms with E-state index in [0.29, 0.717) is 12.5 Å². The van der Waals surface area contributed by atoms with E-state index in [9.17, 15) is 4.79 Å². The molecule has 2 rings (SSSR count). The van der Waals surface area contributed by atoms with Crippen LogP contribution in [0, 0.1) is 11.8 Å². The highest BCUT2D eigenvalue weighted by Gasteiger charge is 2.08. The maximum absolute atomic E-state index is 11.7. The summed E-state index contributed by atoms with van der Waals surface area (Å²) in [7, 11) is 1.78. The first-order valence-electron chi connectivity index (χ1n) is 9.34. The summed E-state index contributed by atoms with van der Waals surface area (Å²) in [6, 6.07) is 12.2. The van der Waals surface area contributed by atoms with Gasteiger partial charge in [-0.3, -0.25) is 9.79 Å². The van der Waals surface area contributed by atoms with Crippen LogP contribution in [0.2, 0.25) is 0 Å². The van der Waals surface area contributed by atoms with Gasteiger partial charge in [0.05, 0.1) is 0 Å². The monoisotopic (exact) mass is 386 g/mol. The van der Waals surface area contributed by atoms with E-state index < -0.39 is 0 Å². The maximum atomic E-state index is 11.7. The molecule has 0 aliphatic heterocycles. The Kier molecular flexibility index (Phi) is 8.33. The Hall–Kier alpha value is -2.34. The number of nitrogens with zero attached hydrogens (tertiary/aromatic N) is 1. The number of aliphatic imine (C=N–C) groups is 1. The number of carbonyl (C=O) groups is 1. The van der Waals surface area contributed by atoms with E-state index in [1.165, 1.54) is 4.88 Å². The zero-order valence-corrected chi connectivity index (χ0v) is 17.4. The highest BCUT2D eigenvalue weighted by molar-refractivity contribution is 7.09. The minimum atomic E-state index is -0.0250. The molecule has 1 heterocycles. The van der Waals surface area contributed by atoms with Crippen LogP contribution in [0.25, 0.3) is 0 Å². The largest absolute Gasteiger partial charge is 0.356 e. The van der Waals surface area contributed by atoms with Crippen molar-refractivity contribution in [1.29, 1.82) is 0 Å². The van der Waals surface area contributed by atoms with Gasteiger partial charge in [-0.05, 0) is 41.5 Å². The summed E-state index contributed by atoms with van der Waals surface area (Å²) in [5.41, 5.74) is 1.95. The second kappa shape index (κ2) is 10.7. The Bertz CT molecular complexity index is 723. The van der Waals surface area contributed by atoms with E-state index in [2.05, 4.69) is 45.4 Å². The molecule has 146 valence electrons. The lowest BCUT2D eigenvalue weighted by Crippen LogP contribution is -2.39. The van der Waals surface area contributed by atoms with Crippen LogP contribution in [0.1, 0.15) is 31.2 Å². The summed E-state index contributed by atoms with van der Waals surface area (Å²) in [6.45, 7) is 7.56. The Morgan fingerprint density at radius 3 is 2.44 bits per heavy atom.